The molecule has 1 saturated heterocycles. The van der Waals surface area contributed by atoms with Gasteiger partial charge < -0.3 is 15.0 Å². The molecule has 2 amide bonds. The van der Waals surface area contributed by atoms with E-state index in [1.54, 1.807) is 6.92 Å². The fourth-order valence-electron chi connectivity index (χ4n) is 1.93. The third kappa shape index (κ3) is 5.04. The number of amides is 2. The lowest BCUT2D eigenvalue weighted by molar-refractivity contribution is -0.135. The maximum atomic E-state index is 11.6. The molecule has 5 heteroatoms. The predicted molar refractivity (Wildman–Crippen MR) is 69.1 cm³/mol. The Labute approximate surface area is 109 Å². The Kier molecular flexibility index (Phi) is 6.72. The zero-order valence-electron chi connectivity index (χ0n) is 11.4. The Balaban J connectivity index is 2.16. The van der Waals surface area contributed by atoms with E-state index in [0.29, 0.717) is 26.1 Å². The maximum Gasteiger partial charge on any atom is 0.248 e. The van der Waals surface area contributed by atoms with Crippen molar-refractivity contribution in [2.45, 2.75) is 45.6 Å². The molecule has 1 heterocycles. The van der Waals surface area contributed by atoms with Gasteiger partial charge in [0.1, 0.15) is 6.10 Å². The summed E-state index contributed by atoms with van der Waals surface area (Å²) in [5.74, 6) is 0.0960. The van der Waals surface area contributed by atoms with E-state index in [0.717, 1.165) is 25.8 Å². The second kappa shape index (κ2) is 8.08. The van der Waals surface area contributed by atoms with Crippen molar-refractivity contribution in [3.8, 4) is 0 Å². The van der Waals surface area contributed by atoms with E-state index in [4.69, 9.17) is 4.74 Å². The molecular weight excluding hydrogens is 232 g/mol. The first-order valence-electron chi connectivity index (χ1n) is 6.82. The molecular formula is C13H24N2O3. The molecule has 1 aliphatic rings. The van der Waals surface area contributed by atoms with Crippen LogP contribution in [0.15, 0.2) is 0 Å². The summed E-state index contributed by atoms with van der Waals surface area (Å²) in [6, 6.07) is 0. The summed E-state index contributed by atoms with van der Waals surface area (Å²) in [6.45, 7) is 6.27. The molecule has 0 radical (unpaired) electrons. The van der Waals surface area contributed by atoms with Crippen LogP contribution in [0, 0.1) is 0 Å². The van der Waals surface area contributed by atoms with Crippen LogP contribution in [0.5, 0.6) is 0 Å². The van der Waals surface area contributed by atoms with Crippen LogP contribution in [0.3, 0.4) is 0 Å². The van der Waals surface area contributed by atoms with Crippen LogP contribution in [-0.2, 0) is 14.3 Å². The Morgan fingerprint density at radius 3 is 2.94 bits per heavy atom. The highest BCUT2D eigenvalue weighted by molar-refractivity contribution is 5.80. The summed E-state index contributed by atoms with van der Waals surface area (Å²) in [6.07, 6.45) is 3.19. The highest BCUT2D eigenvalue weighted by Gasteiger charge is 2.18. The van der Waals surface area contributed by atoms with E-state index in [1.807, 2.05) is 11.8 Å². The summed E-state index contributed by atoms with van der Waals surface area (Å²) >= 11 is 0. The van der Waals surface area contributed by atoms with Crippen LogP contribution in [0.2, 0.25) is 0 Å². The van der Waals surface area contributed by atoms with Crippen molar-refractivity contribution in [2.24, 2.45) is 0 Å². The van der Waals surface area contributed by atoms with Gasteiger partial charge >= 0.3 is 0 Å². The SMILES string of the molecule is CCCOC(C)C(=O)NCCN1CCCCC1=O. The summed E-state index contributed by atoms with van der Waals surface area (Å²) in [4.78, 5) is 25.0. The van der Waals surface area contributed by atoms with Gasteiger partial charge in [0.15, 0.2) is 0 Å². The fraction of sp³-hybridized carbons (Fsp3) is 0.846. The van der Waals surface area contributed by atoms with Gasteiger partial charge in [0.2, 0.25) is 11.8 Å². The molecule has 1 aliphatic heterocycles. The molecule has 0 spiro atoms. The lowest BCUT2D eigenvalue weighted by atomic mass is 10.1. The summed E-state index contributed by atoms with van der Waals surface area (Å²) in [5.41, 5.74) is 0. The normalized spacial score (nSPS) is 17.7. The first-order chi connectivity index (χ1) is 8.65. The van der Waals surface area contributed by atoms with Crippen molar-refractivity contribution in [1.82, 2.24) is 10.2 Å². The van der Waals surface area contributed by atoms with Crippen LogP contribution >= 0.6 is 0 Å². The van der Waals surface area contributed by atoms with Gasteiger partial charge in [-0.1, -0.05) is 6.92 Å². The zero-order valence-corrected chi connectivity index (χ0v) is 11.4. The number of carbonyl (C=O) groups excluding carboxylic acids is 2. The minimum atomic E-state index is -0.415. The van der Waals surface area contributed by atoms with Gasteiger partial charge in [-0.2, -0.15) is 0 Å². The largest absolute Gasteiger partial charge is 0.369 e. The lowest BCUT2D eigenvalue weighted by Crippen LogP contribution is -2.43. The van der Waals surface area contributed by atoms with E-state index in [9.17, 15) is 9.59 Å². The molecule has 0 saturated carbocycles. The van der Waals surface area contributed by atoms with Crippen LogP contribution in [-0.4, -0.2) is 49.1 Å². The Morgan fingerprint density at radius 2 is 2.28 bits per heavy atom. The van der Waals surface area contributed by atoms with Gasteiger partial charge in [-0.15, -0.1) is 0 Å². The van der Waals surface area contributed by atoms with E-state index in [2.05, 4.69) is 5.32 Å². The van der Waals surface area contributed by atoms with Crippen molar-refractivity contribution < 1.29 is 14.3 Å². The second-order valence-electron chi connectivity index (χ2n) is 4.64. The van der Waals surface area contributed by atoms with Gasteiger partial charge in [0.25, 0.3) is 0 Å². The Hall–Kier alpha value is -1.10. The molecule has 1 unspecified atom stereocenters. The molecule has 104 valence electrons. The standard InChI is InChI=1S/C13H24N2O3/c1-3-10-18-11(2)13(17)14-7-9-15-8-5-4-6-12(15)16/h11H,3-10H2,1-2H3,(H,14,17). The first-order valence-corrected chi connectivity index (χ1v) is 6.82. The van der Waals surface area contributed by atoms with Crippen molar-refractivity contribution in [2.75, 3.05) is 26.2 Å². The smallest absolute Gasteiger partial charge is 0.248 e. The van der Waals surface area contributed by atoms with Crippen molar-refractivity contribution in [3.05, 3.63) is 0 Å². The highest BCUT2D eigenvalue weighted by Crippen LogP contribution is 2.09. The molecule has 1 atom stereocenters. The molecule has 0 bridgehead atoms. The minimum Gasteiger partial charge on any atom is -0.369 e. The molecule has 0 aliphatic carbocycles. The van der Waals surface area contributed by atoms with Crippen molar-refractivity contribution >= 4 is 11.8 Å². The summed E-state index contributed by atoms with van der Waals surface area (Å²) < 4.78 is 5.32. The predicted octanol–water partition coefficient (Wildman–Crippen LogP) is 0.930. The Bertz CT molecular complexity index is 281. The number of rotatable bonds is 7. The van der Waals surface area contributed by atoms with Gasteiger partial charge in [0, 0.05) is 32.7 Å². The van der Waals surface area contributed by atoms with E-state index in [1.165, 1.54) is 0 Å². The third-order valence-corrected chi connectivity index (χ3v) is 3.04. The number of hydrogen-bond acceptors (Lipinski definition) is 3. The first kappa shape index (κ1) is 15.0. The number of nitrogens with one attached hydrogen (secondary N) is 1. The minimum absolute atomic E-state index is 0.104. The summed E-state index contributed by atoms with van der Waals surface area (Å²) in [7, 11) is 0. The van der Waals surface area contributed by atoms with Crippen molar-refractivity contribution in [1.29, 1.82) is 0 Å². The van der Waals surface area contributed by atoms with Crippen molar-refractivity contribution in [3.63, 3.8) is 0 Å². The monoisotopic (exact) mass is 256 g/mol. The van der Waals surface area contributed by atoms with E-state index in [-0.39, 0.29) is 11.8 Å². The molecule has 1 fully saturated rings. The highest BCUT2D eigenvalue weighted by atomic mass is 16.5. The number of piperidine rings is 1. The van der Waals surface area contributed by atoms with Crippen LogP contribution < -0.4 is 5.32 Å². The number of likely N-dealkylation sites (tertiary alicyclic amines) is 1. The van der Waals surface area contributed by atoms with Crippen LogP contribution in [0.1, 0.15) is 39.5 Å². The fourth-order valence-corrected chi connectivity index (χ4v) is 1.93. The number of hydrogen-bond donors (Lipinski definition) is 1. The number of carbonyl (C=O) groups is 2. The lowest BCUT2D eigenvalue weighted by Gasteiger charge is -2.26. The van der Waals surface area contributed by atoms with Crippen LogP contribution in [0.25, 0.3) is 0 Å². The van der Waals surface area contributed by atoms with E-state index < -0.39 is 6.10 Å². The summed E-state index contributed by atoms with van der Waals surface area (Å²) in [5, 5.41) is 2.80. The maximum absolute atomic E-state index is 11.6. The second-order valence-corrected chi connectivity index (χ2v) is 4.64. The topological polar surface area (TPSA) is 58.6 Å². The van der Waals surface area contributed by atoms with Gasteiger partial charge in [-0.3, -0.25) is 9.59 Å². The number of ether oxygens (including phenoxy) is 1. The molecule has 1 N–H and O–H groups in total. The molecule has 18 heavy (non-hydrogen) atoms. The van der Waals surface area contributed by atoms with Gasteiger partial charge in [0.05, 0.1) is 0 Å². The zero-order chi connectivity index (χ0) is 13.4. The quantitative estimate of drug-likeness (QED) is 0.737. The molecule has 1 rings (SSSR count). The average Bonchev–Trinajstić information content (AvgIpc) is 2.38. The molecule has 0 aromatic carbocycles. The average molecular weight is 256 g/mol. The number of nitrogens with zero attached hydrogens (tertiary/aromatic N) is 1. The van der Waals surface area contributed by atoms with Gasteiger partial charge in [-0.25, -0.2) is 0 Å². The molecule has 0 aromatic rings. The molecule has 5 nitrogen and oxygen atoms in total. The van der Waals surface area contributed by atoms with E-state index >= 15 is 0 Å². The van der Waals surface area contributed by atoms with Crippen LogP contribution in [0.4, 0.5) is 0 Å². The van der Waals surface area contributed by atoms with Gasteiger partial charge in [-0.05, 0) is 26.2 Å². The molecule has 0 aromatic heterocycles. The third-order valence-electron chi connectivity index (χ3n) is 3.04. The Morgan fingerprint density at radius 1 is 1.50 bits per heavy atom.